The van der Waals surface area contributed by atoms with Crippen molar-refractivity contribution in [3.8, 4) is 0 Å². The second-order valence-corrected chi connectivity index (χ2v) is 14.5. The summed E-state index contributed by atoms with van der Waals surface area (Å²) in [5.41, 5.74) is 0. The molecular weight excluding hydrogens is 302 g/mol. The number of hydrogen-bond acceptors (Lipinski definition) is 4. The summed E-state index contributed by atoms with van der Waals surface area (Å²) in [5.74, 6) is 0.124. The standard InChI is InChI=1S/C15H33NO3SSi/c1-15(2,3)21(4,5)19-20(17,18)13-9-12-16-14-10-7-6-8-11-14/h14,16H,6-13H2,1-5H3. The van der Waals surface area contributed by atoms with Gasteiger partial charge in [-0.3, -0.25) is 0 Å². The summed E-state index contributed by atoms with van der Waals surface area (Å²) < 4.78 is 29.8. The Morgan fingerprint density at radius 2 is 1.71 bits per heavy atom. The fourth-order valence-electron chi connectivity index (χ4n) is 2.35. The molecule has 0 aromatic heterocycles. The summed E-state index contributed by atoms with van der Waals surface area (Å²) >= 11 is 0. The molecule has 126 valence electrons. The Morgan fingerprint density at radius 1 is 1.14 bits per heavy atom. The molecule has 1 N–H and O–H groups in total. The van der Waals surface area contributed by atoms with Gasteiger partial charge < -0.3 is 9.19 Å². The maximum Gasteiger partial charge on any atom is 0.257 e. The highest BCUT2D eigenvalue weighted by molar-refractivity contribution is 7.87. The van der Waals surface area contributed by atoms with Crippen LogP contribution < -0.4 is 5.32 Å². The SMILES string of the molecule is CC(C)(C)[Si](C)(C)OS(=O)(=O)CCCNC1CCCCC1. The molecule has 6 heteroatoms. The van der Waals surface area contributed by atoms with Crippen LogP contribution in [0.2, 0.25) is 18.1 Å². The molecule has 1 fully saturated rings. The minimum absolute atomic E-state index is 0.0829. The van der Waals surface area contributed by atoms with Gasteiger partial charge in [0.25, 0.3) is 10.1 Å². The van der Waals surface area contributed by atoms with Crippen molar-refractivity contribution in [1.29, 1.82) is 0 Å². The van der Waals surface area contributed by atoms with Crippen molar-refractivity contribution in [2.24, 2.45) is 0 Å². The lowest BCUT2D eigenvalue weighted by Crippen LogP contribution is -2.43. The topological polar surface area (TPSA) is 55.4 Å². The maximum atomic E-state index is 12.1. The van der Waals surface area contributed by atoms with Gasteiger partial charge in [-0.2, -0.15) is 0 Å². The van der Waals surface area contributed by atoms with E-state index in [2.05, 4.69) is 26.1 Å². The van der Waals surface area contributed by atoms with Crippen LogP contribution in [-0.4, -0.2) is 35.1 Å². The molecule has 1 aliphatic carbocycles. The minimum atomic E-state index is -3.40. The van der Waals surface area contributed by atoms with Crippen molar-refractivity contribution in [1.82, 2.24) is 5.32 Å². The van der Waals surface area contributed by atoms with Crippen LogP contribution >= 0.6 is 0 Å². The largest absolute Gasteiger partial charge is 0.315 e. The molecule has 21 heavy (non-hydrogen) atoms. The molecule has 4 nitrogen and oxygen atoms in total. The summed E-state index contributed by atoms with van der Waals surface area (Å²) in [6, 6.07) is 0.586. The molecule has 0 aromatic carbocycles. The Bertz CT molecular complexity index is 409. The van der Waals surface area contributed by atoms with Crippen molar-refractivity contribution < 1.29 is 12.3 Å². The highest BCUT2D eigenvalue weighted by Crippen LogP contribution is 2.37. The second-order valence-electron chi connectivity index (χ2n) is 7.75. The van der Waals surface area contributed by atoms with Crippen LogP contribution in [0.3, 0.4) is 0 Å². The highest BCUT2D eigenvalue weighted by atomic mass is 32.2. The second kappa shape index (κ2) is 7.57. The first-order chi connectivity index (χ1) is 9.54. The molecule has 0 heterocycles. The summed E-state index contributed by atoms with van der Waals surface area (Å²) in [4.78, 5) is 0. The van der Waals surface area contributed by atoms with E-state index in [9.17, 15) is 8.42 Å². The average Bonchev–Trinajstić information content (AvgIpc) is 2.33. The lowest BCUT2D eigenvalue weighted by Gasteiger charge is -2.35. The van der Waals surface area contributed by atoms with Gasteiger partial charge in [-0.15, -0.1) is 0 Å². The van der Waals surface area contributed by atoms with Crippen molar-refractivity contribution >= 4 is 18.4 Å². The third-order valence-electron chi connectivity index (χ3n) is 4.75. The lowest BCUT2D eigenvalue weighted by atomic mass is 9.95. The minimum Gasteiger partial charge on any atom is -0.315 e. The molecule has 1 rings (SSSR count). The predicted octanol–water partition coefficient (Wildman–Crippen LogP) is 3.65. The van der Waals surface area contributed by atoms with E-state index in [1.807, 2.05) is 13.1 Å². The molecule has 0 atom stereocenters. The molecule has 0 bridgehead atoms. The number of rotatable bonds is 7. The van der Waals surface area contributed by atoms with Gasteiger partial charge in [0, 0.05) is 6.04 Å². The van der Waals surface area contributed by atoms with Crippen molar-refractivity contribution in [3.05, 3.63) is 0 Å². The zero-order valence-corrected chi connectivity index (χ0v) is 16.2. The molecule has 0 spiro atoms. The van der Waals surface area contributed by atoms with Crippen LogP contribution in [0.4, 0.5) is 0 Å². The van der Waals surface area contributed by atoms with Gasteiger partial charge in [0.15, 0.2) is 0 Å². The van der Waals surface area contributed by atoms with Gasteiger partial charge in [0.2, 0.25) is 8.32 Å². The van der Waals surface area contributed by atoms with E-state index in [0.29, 0.717) is 12.5 Å². The third kappa shape index (κ3) is 6.80. The van der Waals surface area contributed by atoms with E-state index in [-0.39, 0.29) is 10.8 Å². The van der Waals surface area contributed by atoms with Crippen LogP contribution in [0, 0.1) is 0 Å². The molecule has 0 unspecified atom stereocenters. The van der Waals surface area contributed by atoms with Gasteiger partial charge in [0.1, 0.15) is 0 Å². The van der Waals surface area contributed by atoms with E-state index < -0.39 is 18.4 Å². The van der Waals surface area contributed by atoms with Crippen molar-refractivity contribution in [2.45, 2.75) is 83.5 Å². The van der Waals surface area contributed by atoms with E-state index in [1.165, 1.54) is 32.1 Å². The Labute approximate surface area is 132 Å². The average molecular weight is 336 g/mol. The van der Waals surface area contributed by atoms with Gasteiger partial charge in [0.05, 0.1) is 5.75 Å². The fourth-order valence-corrected chi connectivity index (χ4v) is 6.72. The zero-order valence-electron chi connectivity index (χ0n) is 14.4. The quantitative estimate of drug-likeness (QED) is 0.570. The molecule has 0 aliphatic heterocycles. The van der Waals surface area contributed by atoms with Crippen LogP contribution in [0.5, 0.6) is 0 Å². The van der Waals surface area contributed by atoms with Crippen molar-refractivity contribution in [3.63, 3.8) is 0 Å². The first kappa shape index (κ1) is 19.1. The molecule has 0 amide bonds. The van der Waals surface area contributed by atoms with E-state index in [4.69, 9.17) is 3.87 Å². The zero-order chi connectivity index (χ0) is 16.1. The van der Waals surface area contributed by atoms with Crippen molar-refractivity contribution in [2.75, 3.05) is 12.3 Å². The van der Waals surface area contributed by atoms with Crippen LogP contribution in [0.25, 0.3) is 0 Å². The number of nitrogens with one attached hydrogen (secondary N) is 1. The molecule has 0 saturated heterocycles. The molecular formula is C15H33NO3SSi. The van der Waals surface area contributed by atoms with Gasteiger partial charge >= 0.3 is 0 Å². The predicted molar refractivity (Wildman–Crippen MR) is 91.6 cm³/mol. The van der Waals surface area contributed by atoms with Gasteiger partial charge in [-0.25, -0.2) is 8.42 Å². The summed E-state index contributed by atoms with van der Waals surface area (Å²) in [5, 5.41) is 3.40. The van der Waals surface area contributed by atoms with E-state index in [0.717, 1.165) is 6.54 Å². The first-order valence-corrected chi connectivity index (χ1v) is 12.7. The van der Waals surface area contributed by atoms with Gasteiger partial charge in [-0.05, 0) is 43.9 Å². The normalized spacial score (nSPS) is 18.9. The monoisotopic (exact) mass is 335 g/mol. The number of hydrogen-bond donors (Lipinski definition) is 1. The van der Waals surface area contributed by atoms with E-state index >= 15 is 0 Å². The molecule has 1 saturated carbocycles. The smallest absolute Gasteiger partial charge is 0.257 e. The van der Waals surface area contributed by atoms with Crippen LogP contribution in [-0.2, 0) is 14.0 Å². The Morgan fingerprint density at radius 3 is 2.24 bits per heavy atom. The summed E-state index contributed by atoms with van der Waals surface area (Å²) in [7, 11) is -5.64. The third-order valence-corrected chi connectivity index (χ3v) is 11.8. The molecule has 0 aromatic rings. The Hall–Kier alpha value is 0.0869. The summed E-state index contributed by atoms with van der Waals surface area (Å²) in [6.45, 7) is 10.9. The molecule has 0 radical (unpaired) electrons. The Balaban J connectivity index is 2.32. The van der Waals surface area contributed by atoms with Gasteiger partial charge in [-0.1, -0.05) is 40.0 Å². The first-order valence-electron chi connectivity index (χ1n) is 8.20. The fraction of sp³-hybridized carbons (Fsp3) is 1.00. The maximum absolute atomic E-state index is 12.1. The van der Waals surface area contributed by atoms with Crippen LogP contribution in [0.1, 0.15) is 59.3 Å². The van der Waals surface area contributed by atoms with Crippen LogP contribution in [0.15, 0.2) is 0 Å². The highest BCUT2D eigenvalue weighted by Gasteiger charge is 2.41. The lowest BCUT2D eigenvalue weighted by molar-refractivity contribution is 0.373. The molecule has 1 aliphatic rings. The Kier molecular flexibility index (Phi) is 6.90. The summed E-state index contributed by atoms with van der Waals surface area (Å²) in [6.07, 6.45) is 7.02. The van der Waals surface area contributed by atoms with E-state index in [1.54, 1.807) is 0 Å².